The first-order valence-electron chi connectivity index (χ1n) is 8.80. The van der Waals surface area contributed by atoms with Gasteiger partial charge in [0.1, 0.15) is 6.61 Å². The van der Waals surface area contributed by atoms with Crippen LogP contribution in [0.5, 0.6) is 11.5 Å². The summed E-state index contributed by atoms with van der Waals surface area (Å²) in [7, 11) is 1.61. The highest BCUT2D eigenvalue weighted by molar-refractivity contribution is 5.83. The molecule has 0 atom stereocenters. The second kappa shape index (κ2) is 10.2. The van der Waals surface area contributed by atoms with Crippen LogP contribution in [0.25, 0.3) is 0 Å². The lowest BCUT2D eigenvalue weighted by Gasteiger charge is -2.11. The molecule has 0 heterocycles. The molecule has 26 heavy (non-hydrogen) atoms. The van der Waals surface area contributed by atoms with Gasteiger partial charge in [0.2, 0.25) is 5.91 Å². The van der Waals surface area contributed by atoms with Gasteiger partial charge in [0.25, 0.3) is 0 Å². The minimum absolute atomic E-state index is 0.0764. The van der Waals surface area contributed by atoms with Crippen LogP contribution < -0.4 is 14.9 Å². The predicted molar refractivity (Wildman–Crippen MR) is 104 cm³/mol. The van der Waals surface area contributed by atoms with Crippen LogP contribution >= 0.6 is 0 Å². The maximum atomic E-state index is 11.6. The number of nitrogens with zero attached hydrogens (tertiary/aromatic N) is 1. The molecule has 2 rings (SSSR count). The molecule has 0 saturated carbocycles. The Morgan fingerprint density at radius 2 is 1.92 bits per heavy atom. The van der Waals surface area contributed by atoms with Crippen molar-refractivity contribution in [2.75, 3.05) is 7.11 Å². The van der Waals surface area contributed by atoms with E-state index in [0.717, 1.165) is 24.0 Å². The number of nitrogens with one attached hydrogen (secondary N) is 1. The Bertz CT molecular complexity index is 739. The topological polar surface area (TPSA) is 59.9 Å². The third-order valence-electron chi connectivity index (χ3n) is 3.86. The molecule has 0 radical (unpaired) electrons. The molecule has 5 nitrogen and oxygen atoms in total. The normalized spacial score (nSPS) is 10.7. The van der Waals surface area contributed by atoms with Crippen LogP contribution in [-0.2, 0) is 11.4 Å². The van der Waals surface area contributed by atoms with Crippen molar-refractivity contribution < 1.29 is 14.3 Å². The van der Waals surface area contributed by atoms with Gasteiger partial charge in [0.05, 0.1) is 13.3 Å². The lowest BCUT2D eigenvalue weighted by molar-refractivity contribution is -0.121. The minimum Gasteiger partial charge on any atom is -0.493 e. The Hall–Kier alpha value is -2.82. The van der Waals surface area contributed by atoms with Gasteiger partial charge in [-0.05, 0) is 42.7 Å². The summed E-state index contributed by atoms with van der Waals surface area (Å²) >= 11 is 0. The van der Waals surface area contributed by atoms with Crippen molar-refractivity contribution in [3.63, 3.8) is 0 Å². The van der Waals surface area contributed by atoms with E-state index in [4.69, 9.17) is 9.47 Å². The van der Waals surface area contributed by atoms with E-state index in [1.807, 2.05) is 37.3 Å². The highest BCUT2D eigenvalue weighted by Gasteiger charge is 2.06. The smallest absolute Gasteiger partial charge is 0.240 e. The van der Waals surface area contributed by atoms with Crippen molar-refractivity contribution in [3.8, 4) is 11.5 Å². The zero-order valence-electron chi connectivity index (χ0n) is 15.6. The number of amides is 1. The summed E-state index contributed by atoms with van der Waals surface area (Å²) in [5.74, 6) is 1.21. The second-order valence-electron chi connectivity index (χ2n) is 6.08. The second-order valence-corrected chi connectivity index (χ2v) is 6.08. The van der Waals surface area contributed by atoms with Crippen molar-refractivity contribution in [1.29, 1.82) is 0 Å². The SMILES string of the molecule is CCCCC(=O)N/N=C/c1ccc(OC)c(OCc2ccc(C)cc2)c1. The minimum atomic E-state index is -0.0764. The Labute approximate surface area is 155 Å². The maximum Gasteiger partial charge on any atom is 0.240 e. The number of carbonyl (C=O) groups is 1. The number of ether oxygens (including phenoxy) is 2. The van der Waals surface area contributed by atoms with E-state index in [1.54, 1.807) is 13.3 Å². The van der Waals surface area contributed by atoms with Gasteiger partial charge in [-0.25, -0.2) is 5.43 Å². The molecule has 1 amide bonds. The van der Waals surface area contributed by atoms with Crippen molar-refractivity contribution in [1.82, 2.24) is 5.43 Å². The van der Waals surface area contributed by atoms with Gasteiger partial charge in [0, 0.05) is 6.42 Å². The number of methoxy groups -OCH3 is 1. The van der Waals surface area contributed by atoms with Gasteiger partial charge >= 0.3 is 0 Å². The monoisotopic (exact) mass is 354 g/mol. The predicted octanol–water partition coefficient (Wildman–Crippen LogP) is 4.22. The van der Waals surface area contributed by atoms with Gasteiger partial charge in [-0.3, -0.25) is 4.79 Å². The number of hydrogen-bond acceptors (Lipinski definition) is 4. The van der Waals surface area contributed by atoms with Crippen LogP contribution in [0.4, 0.5) is 0 Å². The van der Waals surface area contributed by atoms with Crippen molar-refractivity contribution in [2.45, 2.75) is 39.7 Å². The lowest BCUT2D eigenvalue weighted by Crippen LogP contribution is -2.16. The van der Waals surface area contributed by atoms with E-state index in [-0.39, 0.29) is 5.91 Å². The highest BCUT2D eigenvalue weighted by Crippen LogP contribution is 2.28. The van der Waals surface area contributed by atoms with E-state index < -0.39 is 0 Å². The van der Waals surface area contributed by atoms with Crippen LogP contribution in [0.1, 0.15) is 42.9 Å². The first-order valence-corrected chi connectivity index (χ1v) is 8.80. The number of rotatable bonds is 9. The molecule has 0 spiro atoms. The molecule has 0 saturated heterocycles. The third-order valence-corrected chi connectivity index (χ3v) is 3.86. The molecule has 0 aliphatic rings. The number of carbonyl (C=O) groups excluding carboxylic acids is 1. The summed E-state index contributed by atoms with van der Waals surface area (Å²) in [6.45, 7) is 4.55. The molecule has 0 aliphatic carbocycles. The highest BCUT2D eigenvalue weighted by atomic mass is 16.5. The van der Waals surface area contributed by atoms with E-state index in [0.29, 0.717) is 24.5 Å². The van der Waals surface area contributed by atoms with Crippen LogP contribution in [0.2, 0.25) is 0 Å². The van der Waals surface area contributed by atoms with Crippen LogP contribution in [0, 0.1) is 6.92 Å². The number of aryl methyl sites for hydroxylation is 1. The average Bonchev–Trinajstić information content (AvgIpc) is 2.66. The molecule has 0 aliphatic heterocycles. The Balaban J connectivity index is 2.00. The summed E-state index contributed by atoms with van der Waals surface area (Å²) in [4.78, 5) is 11.6. The summed E-state index contributed by atoms with van der Waals surface area (Å²) in [5, 5.41) is 4.00. The van der Waals surface area contributed by atoms with Crippen LogP contribution in [-0.4, -0.2) is 19.2 Å². The van der Waals surface area contributed by atoms with Crippen LogP contribution in [0.15, 0.2) is 47.6 Å². The Morgan fingerprint density at radius 3 is 2.62 bits per heavy atom. The van der Waals surface area contributed by atoms with E-state index >= 15 is 0 Å². The average molecular weight is 354 g/mol. The number of benzene rings is 2. The number of unbranched alkanes of at least 4 members (excludes halogenated alkanes) is 1. The largest absolute Gasteiger partial charge is 0.493 e. The fourth-order valence-electron chi connectivity index (χ4n) is 2.30. The zero-order chi connectivity index (χ0) is 18.8. The van der Waals surface area contributed by atoms with Crippen molar-refractivity contribution in [2.24, 2.45) is 5.10 Å². The summed E-state index contributed by atoms with van der Waals surface area (Å²) in [6, 6.07) is 13.7. The number of hydrazone groups is 1. The molecular weight excluding hydrogens is 328 g/mol. The maximum absolute atomic E-state index is 11.6. The third kappa shape index (κ3) is 6.24. The molecule has 5 heteroatoms. The molecule has 2 aromatic rings. The standard InChI is InChI=1S/C21H26N2O3/c1-4-5-6-21(24)23-22-14-18-11-12-19(25-3)20(13-18)26-15-17-9-7-16(2)8-10-17/h7-14H,4-6,15H2,1-3H3,(H,23,24)/b22-14+. The molecule has 2 aromatic carbocycles. The molecule has 0 fully saturated rings. The number of hydrogen-bond donors (Lipinski definition) is 1. The van der Waals surface area contributed by atoms with Crippen LogP contribution in [0.3, 0.4) is 0 Å². The fourth-order valence-corrected chi connectivity index (χ4v) is 2.30. The molecule has 0 bridgehead atoms. The van der Waals surface area contributed by atoms with E-state index in [2.05, 4.69) is 29.6 Å². The van der Waals surface area contributed by atoms with Gasteiger partial charge < -0.3 is 9.47 Å². The quantitative estimate of drug-likeness (QED) is 0.542. The molecule has 138 valence electrons. The van der Waals surface area contributed by atoms with Crippen molar-refractivity contribution >= 4 is 12.1 Å². The molecular formula is C21H26N2O3. The van der Waals surface area contributed by atoms with Gasteiger partial charge in [0.15, 0.2) is 11.5 Å². The first kappa shape index (κ1) is 19.5. The van der Waals surface area contributed by atoms with Gasteiger partial charge in [-0.1, -0.05) is 43.2 Å². The summed E-state index contributed by atoms with van der Waals surface area (Å²) < 4.78 is 11.3. The summed E-state index contributed by atoms with van der Waals surface area (Å²) in [5.41, 5.74) is 5.65. The van der Waals surface area contributed by atoms with E-state index in [9.17, 15) is 4.79 Å². The van der Waals surface area contributed by atoms with Crippen molar-refractivity contribution in [3.05, 3.63) is 59.2 Å². The lowest BCUT2D eigenvalue weighted by atomic mass is 10.1. The molecule has 0 aromatic heterocycles. The summed E-state index contributed by atoms with van der Waals surface area (Å²) in [6.07, 6.45) is 3.93. The molecule has 1 N–H and O–H groups in total. The van der Waals surface area contributed by atoms with Gasteiger partial charge in [-0.2, -0.15) is 5.10 Å². The Morgan fingerprint density at radius 1 is 1.15 bits per heavy atom. The molecule has 0 unspecified atom stereocenters. The first-order chi connectivity index (χ1) is 12.6. The van der Waals surface area contributed by atoms with Gasteiger partial charge in [-0.15, -0.1) is 0 Å². The fraction of sp³-hybridized carbons (Fsp3) is 0.333. The zero-order valence-corrected chi connectivity index (χ0v) is 15.6. The Kier molecular flexibility index (Phi) is 7.68. The van der Waals surface area contributed by atoms with E-state index in [1.165, 1.54) is 5.56 Å².